The molecule has 0 fully saturated rings. The van der Waals surface area contributed by atoms with Crippen molar-refractivity contribution in [3.05, 3.63) is 59.7 Å². The lowest BCUT2D eigenvalue weighted by Gasteiger charge is -2.26. The standard InChI is InChI=1S/C19H22F2N2O2S/c1-23(2)17(14-6-4-5-7-18(14)25-3)11-22-19(24)12-26-13-8-9-15(20)16(21)10-13/h4-10,17H,11-12H2,1-3H3,(H,22,24). The molecule has 140 valence electrons. The number of amides is 1. The van der Waals surface area contributed by atoms with Crippen molar-refractivity contribution in [3.8, 4) is 5.75 Å². The molecule has 4 nitrogen and oxygen atoms in total. The maximum atomic E-state index is 13.2. The average molecular weight is 380 g/mol. The highest BCUT2D eigenvalue weighted by atomic mass is 32.2. The first-order valence-corrected chi connectivity index (χ1v) is 9.04. The molecule has 0 aliphatic rings. The Bertz CT molecular complexity index is 756. The highest BCUT2D eigenvalue weighted by Crippen LogP contribution is 2.27. The maximum Gasteiger partial charge on any atom is 0.230 e. The van der Waals surface area contributed by atoms with Crippen molar-refractivity contribution in [2.45, 2.75) is 10.9 Å². The van der Waals surface area contributed by atoms with E-state index in [0.29, 0.717) is 11.4 Å². The van der Waals surface area contributed by atoms with E-state index >= 15 is 0 Å². The number of nitrogens with zero attached hydrogens (tertiary/aromatic N) is 1. The van der Waals surface area contributed by atoms with Gasteiger partial charge in [0.15, 0.2) is 11.6 Å². The summed E-state index contributed by atoms with van der Waals surface area (Å²) in [5.74, 6) is -1.11. The molecule has 1 atom stereocenters. The van der Waals surface area contributed by atoms with Crippen LogP contribution >= 0.6 is 11.8 Å². The number of hydrogen-bond donors (Lipinski definition) is 1. The number of carbonyl (C=O) groups excluding carboxylic acids is 1. The summed E-state index contributed by atoms with van der Waals surface area (Å²) in [7, 11) is 5.47. The summed E-state index contributed by atoms with van der Waals surface area (Å²) in [5, 5.41) is 2.89. The molecule has 0 heterocycles. The fourth-order valence-electron chi connectivity index (χ4n) is 2.49. The van der Waals surface area contributed by atoms with Gasteiger partial charge in [0.05, 0.1) is 18.9 Å². The van der Waals surface area contributed by atoms with E-state index in [4.69, 9.17) is 4.74 Å². The Morgan fingerprint density at radius 3 is 2.58 bits per heavy atom. The summed E-state index contributed by atoms with van der Waals surface area (Å²) in [6.45, 7) is 0.407. The van der Waals surface area contributed by atoms with Crippen LogP contribution < -0.4 is 10.1 Å². The molecule has 0 saturated carbocycles. The Morgan fingerprint density at radius 1 is 1.19 bits per heavy atom. The predicted molar refractivity (Wildman–Crippen MR) is 99.5 cm³/mol. The van der Waals surface area contributed by atoms with Crippen LogP contribution in [0.2, 0.25) is 0 Å². The van der Waals surface area contributed by atoms with Gasteiger partial charge in [-0.2, -0.15) is 0 Å². The molecule has 0 spiro atoms. The number of carbonyl (C=O) groups is 1. The lowest BCUT2D eigenvalue weighted by atomic mass is 10.0. The Labute approximate surface area is 156 Å². The van der Waals surface area contributed by atoms with Crippen molar-refractivity contribution in [2.24, 2.45) is 0 Å². The molecule has 1 amide bonds. The first kappa shape index (κ1) is 20.2. The van der Waals surface area contributed by atoms with Crippen molar-refractivity contribution in [1.29, 1.82) is 0 Å². The van der Waals surface area contributed by atoms with Gasteiger partial charge in [0, 0.05) is 17.0 Å². The van der Waals surface area contributed by atoms with Crippen LogP contribution in [-0.2, 0) is 4.79 Å². The van der Waals surface area contributed by atoms with Gasteiger partial charge in [-0.3, -0.25) is 4.79 Å². The molecule has 0 aliphatic heterocycles. The molecule has 7 heteroatoms. The largest absolute Gasteiger partial charge is 0.496 e. The molecule has 0 bridgehead atoms. The van der Waals surface area contributed by atoms with E-state index in [1.165, 1.54) is 6.07 Å². The summed E-state index contributed by atoms with van der Waals surface area (Å²) < 4.78 is 31.5. The summed E-state index contributed by atoms with van der Waals surface area (Å²) >= 11 is 1.16. The van der Waals surface area contributed by atoms with E-state index in [2.05, 4.69) is 5.32 Å². The normalized spacial score (nSPS) is 12.1. The van der Waals surface area contributed by atoms with E-state index in [-0.39, 0.29) is 17.7 Å². The highest BCUT2D eigenvalue weighted by molar-refractivity contribution is 8.00. The van der Waals surface area contributed by atoms with Crippen LogP contribution in [-0.4, -0.2) is 44.3 Å². The van der Waals surface area contributed by atoms with Gasteiger partial charge in [0.2, 0.25) is 5.91 Å². The third-order valence-electron chi connectivity index (χ3n) is 3.87. The van der Waals surface area contributed by atoms with Crippen molar-refractivity contribution < 1.29 is 18.3 Å². The van der Waals surface area contributed by atoms with Gasteiger partial charge in [0.1, 0.15) is 5.75 Å². The zero-order valence-corrected chi connectivity index (χ0v) is 15.8. The zero-order valence-electron chi connectivity index (χ0n) is 15.0. The zero-order chi connectivity index (χ0) is 19.1. The summed E-state index contributed by atoms with van der Waals surface area (Å²) in [5.41, 5.74) is 0.980. The van der Waals surface area contributed by atoms with Gasteiger partial charge in [-0.15, -0.1) is 11.8 Å². The van der Waals surface area contributed by atoms with E-state index in [9.17, 15) is 13.6 Å². The van der Waals surface area contributed by atoms with Crippen LogP contribution in [0.25, 0.3) is 0 Å². The number of hydrogen-bond acceptors (Lipinski definition) is 4. The smallest absolute Gasteiger partial charge is 0.230 e. The molecule has 2 rings (SSSR count). The van der Waals surface area contributed by atoms with Crippen molar-refractivity contribution in [2.75, 3.05) is 33.5 Å². The van der Waals surface area contributed by atoms with Crippen LogP contribution in [0.3, 0.4) is 0 Å². The third kappa shape index (κ3) is 5.44. The number of methoxy groups -OCH3 is 1. The number of para-hydroxylation sites is 1. The first-order valence-electron chi connectivity index (χ1n) is 8.06. The second-order valence-electron chi connectivity index (χ2n) is 5.89. The molecular weight excluding hydrogens is 358 g/mol. The highest BCUT2D eigenvalue weighted by Gasteiger charge is 2.19. The Kier molecular flexibility index (Phi) is 7.41. The van der Waals surface area contributed by atoms with Crippen molar-refractivity contribution in [3.63, 3.8) is 0 Å². The van der Waals surface area contributed by atoms with E-state index in [1.54, 1.807) is 7.11 Å². The number of benzene rings is 2. The number of likely N-dealkylation sites (N-methyl/N-ethyl adjacent to an activating group) is 1. The molecule has 0 aromatic heterocycles. The third-order valence-corrected chi connectivity index (χ3v) is 4.87. The average Bonchev–Trinajstić information content (AvgIpc) is 2.63. The minimum Gasteiger partial charge on any atom is -0.496 e. The van der Waals surface area contributed by atoms with Crippen LogP contribution in [0, 0.1) is 11.6 Å². The predicted octanol–water partition coefficient (Wildman–Crippen LogP) is 3.48. The van der Waals surface area contributed by atoms with Gasteiger partial charge in [-0.1, -0.05) is 18.2 Å². The number of ether oxygens (including phenoxy) is 1. The lowest BCUT2D eigenvalue weighted by molar-refractivity contribution is -0.118. The fraction of sp³-hybridized carbons (Fsp3) is 0.316. The fourth-order valence-corrected chi connectivity index (χ4v) is 3.24. The molecule has 0 saturated heterocycles. The summed E-state index contributed by atoms with van der Waals surface area (Å²) in [6, 6.07) is 11.2. The Hall–Kier alpha value is -2.12. The van der Waals surface area contributed by atoms with Gasteiger partial charge >= 0.3 is 0 Å². The number of nitrogens with one attached hydrogen (secondary N) is 1. The van der Waals surface area contributed by atoms with E-state index in [1.807, 2.05) is 43.3 Å². The minimum atomic E-state index is -0.917. The molecule has 1 N–H and O–H groups in total. The SMILES string of the molecule is COc1ccccc1C(CNC(=O)CSc1ccc(F)c(F)c1)N(C)C. The van der Waals surface area contributed by atoms with Crippen LogP contribution in [0.5, 0.6) is 5.75 Å². The molecule has 26 heavy (non-hydrogen) atoms. The second kappa shape index (κ2) is 9.54. The topological polar surface area (TPSA) is 41.6 Å². The molecular formula is C19H22F2N2O2S. The Morgan fingerprint density at radius 2 is 1.92 bits per heavy atom. The Balaban J connectivity index is 1.94. The monoisotopic (exact) mass is 380 g/mol. The van der Waals surface area contributed by atoms with Crippen molar-refractivity contribution >= 4 is 17.7 Å². The van der Waals surface area contributed by atoms with Crippen LogP contribution in [0.4, 0.5) is 8.78 Å². The second-order valence-corrected chi connectivity index (χ2v) is 6.94. The van der Waals surface area contributed by atoms with Gasteiger partial charge in [-0.25, -0.2) is 8.78 Å². The van der Waals surface area contributed by atoms with E-state index < -0.39 is 11.6 Å². The van der Waals surface area contributed by atoms with Gasteiger partial charge < -0.3 is 15.0 Å². The van der Waals surface area contributed by atoms with Gasteiger partial charge in [0.25, 0.3) is 0 Å². The quantitative estimate of drug-likeness (QED) is 0.712. The maximum absolute atomic E-state index is 13.2. The molecule has 2 aromatic rings. The minimum absolute atomic E-state index is 0.0524. The molecule has 1 unspecified atom stereocenters. The summed E-state index contributed by atoms with van der Waals surface area (Å²) in [6.07, 6.45) is 0. The molecule has 2 aromatic carbocycles. The van der Waals surface area contributed by atoms with E-state index in [0.717, 1.165) is 35.2 Å². The number of thioether (sulfide) groups is 1. The summed E-state index contributed by atoms with van der Waals surface area (Å²) in [4.78, 5) is 14.6. The van der Waals surface area contributed by atoms with Crippen LogP contribution in [0.15, 0.2) is 47.4 Å². The molecule has 0 radical (unpaired) electrons. The van der Waals surface area contributed by atoms with Gasteiger partial charge in [-0.05, 0) is 38.4 Å². The van der Waals surface area contributed by atoms with Crippen LogP contribution in [0.1, 0.15) is 11.6 Å². The first-order chi connectivity index (χ1) is 12.4. The lowest BCUT2D eigenvalue weighted by Crippen LogP contribution is -2.35. The molecule has 0 aliphatic carbocycles. The number of halogens is 2. The number of rotatable bonds is 8. The van der Waals surface area contributed by atoms with Crippen molar-refractivity contribution in [1.82, 2.24) is 10.2 Å².